The lowest BCUT2D eigenvalue weighted by Crippen LogP contribution is -2.39. The fourth-order valence-corrected chi connectivity index (χ4v) is 3.35. The van der Waals surface area contributed by atoms with Crippen molar-refractivity contribution in [3.05, 3.63) is 34.3 Å². The SMILES string of the molecule is Cc1ccc(CN2CCCC(CNCC(C)C)C2)c(Cl)c1. The highest BCUT2D eigenvalue weighted by Crippen LogP contribution is 2.23. The van der Waals surface area contributed by atoms with E-state index >= 15 is 0 Å². The van der Waals surface area contributed by atoms with Gasteiger partial charge in [-0.3, -0.25) is 4.90 Å². The third kappa shape index (κ3) is 5.61. The number of piperidine rings is 1. The average molecular weight is 309 g/mol. The van der Waals surface area contributed by atoms with Gasteiger partial charge in [0, 0.05) is 18.1 Å². The lowest BCUT2D eigenvalue weighted by molar-refractivity contribution is 0.165. The van der Waals surface area contributed by atoms with Crippen LogP contribution in [0.1, 0.15) is 37.8 Å². The van der Waals surface area contributed by atoms with E-state index in [1.165, 1.54) is 37.1 Å². The minimum absolute atomic E-state index is 0.732. The van der Waals surface area contributed by atoms with Crippen LogP contribution in [0.3, 0.4) is 0 Å². The van der Waals surface area contributed by atoms with Crippen molar-refractivity contribution < 1.29 is 0 Å². The zero-order chi connectivity index (χ0) is 15.2. The Balaban J connectivity index is 1.83. The molecule has 1 aliphatic rings. The molecule has 0 aromatic heterocycles. The number of hydrogen-bond acceptors (Lipinski definition) is 2. The van der Waals surface area contributed by atoms with Gasteiger partial charge in [0.2, 0.25) is 0 Å². The van der Waals surface area contributed by atoms with E-state index in [1.807, 2.05) is 0 Å². The fourth-order valence-electron chi connectivity index (χ4n) is 3.06. The molecule has 0 aliphatic carbocycles. The zero-order valence-corrected chi connectivity index (χ0v) is 14.4. The summed E-state index contributed by atoms with van der Waals surface area (Å²) in [6.07, 6.45) is 2.65. The average Bonchev–Trinajstić information content (AvgIpc) is 2.42. The van der Waals surface area contributed by atoms with E-state index in [9.17, 15) is 0 Å². The van der Waals surface area contributed by atoms with E-state index < -0.39 is 0 Å². The Labute approximate surface area is 134 Å². The monoisotopic (exact) mass is 308 g/mol. The van der Waals surface area contributed by atoms with Gasteiger partial charge in [-0.15, -0.1) is 0 Å². The summed E-state index contributed by atoms with van der Waals surface area (Å²) in [5.41, 5.74) is 2.50. The normalized spacial score (nSPS) is 20.1. The van der Waals surface area contributed by atoms with Crippen molar-refractivity contribution in [3.63, 3.8) is 0 Å². The second kappa shape index (κ2) is 8.17. The van der Waals surface area contributed by atoms with E-state index in [2.05, 4.69) is 49.2 Å². The second-order valence-electron chi connectivity index (χ2n) is 6.89. The van der Waals surface area contributed by atoms with Gasteiger partial charge in [-0.25, -0.2) is 0 Å². The van der Waals surface area contributed by atoms with E-state index in [0.29, 0.717) is 0 Å². The van der Waals surface area contributed by atoms with Crippen LogP contribution < -0.4 is 5.32 Å². The van der Waals surface area contributed by atoms with Gasteiger partial charge in [-0.1, -0.05) is 37.6 Å². The predicted octanol–water partition coefficient (Wildman–Crippen LogP) is 4.11. The molecule has 1 aromatic carbocycles. The van der Waals surface area contributed by atoms with E-state index in [4.69, 9.17) is 11.6 Å². The molecular formula is C18H29ClN2. The number of rotatable bonds is 6. The van der Waals surface area contributed by atoms with Crippen molar-refractivity contribution in [2.45, 2.75) is 40.2 Å². The van der Waals surface area contributed by atoms with Crippen molar-refractivity contribution in [1.82, 2.24) is 10.2 Å². The highest BCUT2D eigenvalue weighted by Gasteiger charge is 2.20. The molecule has 1 aliphatic heterocycles. The summed E-state index contributed by atoms with van der Waals surface area (Å²) in [5.74, 6) is 1.51. The first-order chi connectivity index (χ1) is 10.0. The first-order valence-electron chi connectivity index (χ1n) is 8.22. The van der Waals surface area contributed by atoms with Crippen LogP contribution in [-0.4, -0.2) is 31.1 Å². The third-order valence-electron chi connectivity index (χ3n) is 4.19. The van der Waals surface area contributed by atoms with Crippen LogP contribution in [0.4, 0.5) is 0 Å². The van der Waals surface area contributed by atoms with Crippen molar-refractivity contribution in [3.8, 4) is 0 Å². The smallest absolute Gasteiger partial charge is 0.0453 e. The predicted molar refractivity (Wildman–Crippen MR) is 91.9 cm³/mol. The molecule has 0 bridgehead atoms. The van der Waals surface area contributed by atoms with Gasteiger partial charge in [0.05, 0.1) is 0 Å². The summed E-state index contributed by atoms with van der Waals surface area (Å²) in [7, 11) is 0. The molecule has 0 saturated carbocycles. The molecule has 0 spiro atoms. The Kier molecular flexibility index (Phi) is 6.53. The van der Waals surface area contributed by atoms with Gasteiger partial charge >= 0.3 is 0 Å². The number of nitrogens with zero attached hydrogens (tertiary/aromatic N) is 1. The summed E-state index contributed by atoms with van der Waals surface area (Å²) >= 11 is 6.36. The van der Waals surface area contributed by atoms with Crippen LogP contribution in [-0.2, 0) is 6.54 Å². The molecule has 1 heterocycles. The topological polar surface area (TPSA) is 15.3 Å². The van der Waals surface area contributed by atoms with Crippen LogP contribution in [0.2, 0.25) is 5.02 Å². The quantitative estimate of drug-likeness (QED) is 0.851. The van der Waals surface area contributed by atoms with Gasteiger partial charge in [0.1, 0.15) is 0 Å². The Morgan fingerprint density at radius 1 is 1.38 bits per heavy atom. The minimum atomic E-state index is 0.732. The lowest BCUT2D eigenvalue weighted by atomic mass is 9.97. The standard InChI is InChI=1S/C18H29ClN2/c1-14(2)10-20-11-16-5-4-8-21(12-16)13-17-7-6-15(3)9-18(17)19/h6-7,9,14,16,20H,4-5,8,10-13H2,1-3H3. The Bertz CT molecular complexity index is 445. The second-order valence-corrected chi connectivity index (χ2v) is 7.30. The molecular weight excluding hydrogens is 280 g/mol. The highest BCUT2D eigenvalue weighted by atomic mass is 35.5. The Morgan fingerprint density at radius 3 is 2.90 bits per heavy atom. The van der Waals surface area contributed by atoms with Gasteiger partial charge in [-0.05, 0) is 68.4 Å². The number of aryl methyl sites for hydroxylation is 1. The number of likely N-dealkylation sites (tertiary alicyclic amines) is 1. The molecule has 118 valence electrons. The third-order valence-corrected chi connectivity index (χ3v) is 4.54. The molecule has 3 heteroatoms. The van der Waals surface area contributed by atoms with Crippen molar-refractivity contribution in [2.75, 3.05) is 26.2 Å². The van der Waals surface area contributed by atoms with E-state index in [0.717, 1.165) is 36.5 Å². The first kappa shape index (κ1) is 16.8. The van der Waals surface area contributed by atoms with Gasteiger partial charge < -0.3 is 5.32 Å². The molecule has 1 aromatic rings. The number of nitrogens with one attached hydrogen (secondary N) is 1. The fraction of sp³-hybridized carbons (Fsp3) is 0.667. The van der Waals surface area contributed by atoms with Crippen molar-refractivity contribution >= 4 is 11.6 Å². The Hall–Kier alpha value is -0.570. The van der Waals surface area contributed by atoms with Gasteiger partial charge in [-0.2, -0.15) is 0 Å². The summed E-state index contributed by atoms with van der Waals surface area (Å²) in [6.45, 7) is 12.3. The number of benzene rings is 1. The van der Waals surface area contributed by atoms with Crippen LogP contribution in [0.25, 0.3) is 0 Å². The van der Waals surface area contributed by atoms with Crippen LogP contribution in [0.15, 0.2) is 18.2 Å². The van der Waals surface area contributed by atoms with Crippen LogP contribution in [0, 0.1) is 18.8 Å². The maximum Gasteiger partial charge on any atom is 0.0453 e. The molecule has 2 nitrogen and oxygen atoms in total. The Morgan fingerprint density at radius 2 is 2.19 bits per heavy atom. The van der Waals surface area contributed by atoms with Crippen molar-refractivity contribution in [1.29, 1.82) is 0 Å². The molecule has 2 rings (SSSR count). The zero-order valence-electron chi connectivity index (χ0n) is 13.7. The molecule has 21 heavy (non-hydrogen) atoms. The summed E-state index contributed by atoms with van der Waals surface area (Å²) < 4.78 is 0. The molecule has 0 radical (unpaired) electrons. The molecule has 1 atom stereocenters. The lowest BCUT2D eigenvalue weighted by Gasteiger charge is -2.33. The van der Waals surface area contributed by atoms with E-state index in [-0.39, 0.29) is 0 Å². The van der Waals surface area contributed by atoms with Gasteiger partial charge in [0.25, 0.3) is 0 Å². The molecule has 1 unspecified atom stereocenters. The van der Waals surface area contributed by atoms with E-state index in [1.54, 1.807) is 0 Å². The highest BCUT2D eigenvalue weighted by molar-refractivity contribution is 6.31. The van der Waals surface area contributed by atoms with Crippen LogP contribution >= 0.6 is 11.6 Å². The first-order valence-corrected chi connectivity index (χ1v) is 8.60. The molecule has 1 fully saturated rings. The summed E-state index contributed by atoms with van der Waals surface area (Å²) in [6, 6.07) is 6.41. The largest absolute Gasteiger partial charge is 0.316 e. The maximum atomic E-state index is 6.36. The number of halogens is 1. The molecule has 1 saturated heterocycles. The van der Waals surface area contributed by atoms with Crippen LogP contribution in [0.5, 0.6) is 0 Å². The van der Waals surface area contributed by atoms with Crippen molar-refractivity contribution in [2.24, 2.45) is 11.8 Å². The molecule has 0 amide bonds. The minimum Gasteiger partial charge on any atom is -0.316 e. The number of hydrogen-bond donors (Lipinski definition) is 1. The van der Waals surface area contributed by atoms with Gasteiger partial charge in [0.15, 0.2) is 0 Å². The maximum absolute atomic E-state index is 6.36. The summed E-state index contributed by atoms with van der Waals surface area (Å²) in [4.78, 5) is 2.56. The summed E-state index contributed by atoms with van der Waals surface area (Å²) in [5, 5.41) is 4.52. The molecule has 1 N–H and O–H groups in total.